The molecule has 7 heteroatoms. The first-order valence-corrected chi connectivity index (χ1v) is 5.43. The third kappa shape index (κ3) is 4.26. The van der Waals surface area contributed by atoms with Crippen molar-refractivity contribution in [3.05, 3.63) is 28.2 Å². The van der Waals surface area contributed by atoms with E-state index in [1.807, 2.05) is 0 Å². The maximum absolute atomic E-state index is 11.9. The molecule has 0 aliphatic carbocycles. The molecule has 3 N–H and O–H groups in total. The monoisotopic (exact) mass is 310 g/mol. The van der Waals surface area contributed by atoms with E-state index in [9.17, 15) is 13.2 Å². The van der Waals surface area contributed by atoms with Crippen LogP contribution in [0.5, 0.6) is 5.75 Å². The number of nitrogens with one attached hydrogen (secondary N) is 1. The maximum Gasteiger partial charge on any atom is 0.392 e. The number of amidine groups is 1. The first kappa shape index (κ1) is 13.8. The van der Waals surface area contributed by atoms with Gasteiger partial charge < -0.3 is 10.5 Å². The van der Waals surface area contributed by atoms with Crippen LogP contribution in [0, 0.1) is 5.41 Å². The summed E-state index contributed by atoms with van der Waals surface area (Å²) in [6.45, 7) is -0.500. The summed E-state index contributed by atoms with van der Waals surface area (Å²) < 4.78 is 41.3. The zero-order valence-electron chi connectivity index (χ0n) is 8.64. The molecule has 3 nitrogen and oxygen atoms in total. The average Bonchev–Trinajstić information content (AvgIpc) is 2.14. The van der Waals surface area contributed by atoms with Crippen LogP contribution in [0.15, 0.2) is 22.7 Å². The molecule has 0 amide bonds. The van der Waals surface area contributed by atoms with Crippen LogP contribution in [0.25, 0.3) is 0 Å². The zero-order chi connectivity index (χ0) is 13.1. The Balaban J connectivity index is 2.78. The lowest BCUT2D eigenvalue weighted by Gasteiger charge is -2.12. The minimum absolute atomic E-state index is 0.163. The Bertz CT molecular complexity index is 421. The Hall–Kier alpha value is -1.24. The zero-order valence-corrected chi connectivity index (χ0v) is 10.2. The van der Waals surface area contributed by atoms with E-state index in [1.54, 1.807) is 12.1 Å². The molecule has 0 atom stereocenters. The molecule has 0 fully saturated rings. The average molecular weight is 311 g/mol. The highest BCUT2D eigenvalue weighted by Crippen LogP contribution is 2.27. The third-order valence-electron chi connectivity index (χ3n) is 1.89. The molecule has 0 unspecified atom stereocenters. The van der Waals surface area contributed by atoms with Crippen molar-refractivity contribution < 1.29 is 17.9 Å². The van der Waals surface area contributed by atoms with Crippen molar-refractivity contribution in [3.8, 4) is 5.75 Å². The molecule has 0 heterocycles. The van der Waals surface area contributed by atoms with E-state index >= 15 is 0 Å². The van der Waals surface area contributed by atoms with Crippen molar-refractivity contribution >= 4 is 21.8 Å². The molecule has 94 valence electrons. The highest BCUT2D eigenvalue weighted by molar-refractivity contribution is 9.10. The second-order valence-corrected chi connectivity index (χ2v) is 4.09. The van der Waals surface area contributed by atoms with E-state index in [1.165, 1.54) is 6.07 Å². The van der Waals surface area contributed by atoms with Gasteiger partial charge in [-0.15, -0.1) is 0 Å². The molecule has 0 aromatic heterocycles. The van der Waals surface area contributed by atoms with Crippen molar-refractivity contribution in [3.63, 3.8) is 0 Å². The van der Waals surface area contributed by atoms with Gasteiger partial charge in [-0.1, -0.05) is 6.07 Å². The van der Waals surface area contributed by atoms with E-state index in [-0.39, 0.29) is 17.1 Å². The van der Waals surface area contributed by atoms with Crippen LogP contribution in [0.4, 0.5) is 13.2 Å². The Morgan fingerprint density at radius 2 is 2.06 bits per heavy atom. The number of nitrogens with two attached hydrogens (primary N) is 1. The van der Waals surface area contributed by atoms with Crippen LogP contribution in [0.3, 0.4) is 0 Å². The van der Waals surface area contributed by atoms with Crippen molar-refractivity contribution in [2.24, 2.45) is 5.73 Å². The normalized spacial score (nSPS) is 11.3. The lowest BCUT2D eigenvalue weighted by molar-refractivity contribution is -0.139. The van der Waals surface area contributed by atoms with Gasteiger partial charge in [0.25, 0.3) is 0 Å². The summed E-state index contributed by atoms with van der Waals surface area (Å²) in [6, 6.07) is 4.70. The largest absolute Gasteiger partial charge is 0.492 e. The van der Waals surface area contributed by atoms with Crippen molar-refractivity contribution in [1.29, 1.82) is 5.41 Å². The Kier molecular flexibility index (Phi) is 4.39. The minimum atomic E-state index is -4.26. The van der Waals surface area contributed by atoms with Gasteiger partial charge in [0.1, 0.15) is 11.6 Å². The fraction of sp³-hybridized carbons (Fsp3) is 0.300. The third-order valence-corrected chi connectivity index (χ3v) is 2.55. The van der Waals surface area contributed by atoms with Gasteiger partial charge in [-0.2, -0.15) is 13.2 Å². The fourth-order valence-corrected chi connectivity index (χ4v) is 1.72. The smallest absolute Gasteiger partial charge is 0.392 e. The number of hydrogen-bond donors (Lipinski definition) is 2. The van der Waals surface area contributed by atoms with Crippen molar-refractivity contribution in [2.75, 3.05) is 6.61 Å². The number of halogens is 4. The maximum atomic E-state index is 11.9. The summed E-state index contributed by atoms with van der Waals surface area (Å²) >= 11 is 3.16. The topological polar surface area (TPSA) is 59.1 Å². The molecule has 1 aromatic rings. The lowest BCUT2D eigenvalue weighted by Crippen LogP contribution is -2.17. The molecule has 0 radical (unpaired) electrons. The van der Waals surface area contributed by atoms with E-state index in [2.05, 4.69) is 15.9 Å². The molecule has 0 aliphatic rings. The molecule has 0 bridgehead atoms. The van der Waals surface area contributed by atoms with Gasteiger partial charge in [0, 0.05) is 4.47 Å². The fourth-order valence-electron chi connectivity index (χ4n) is 1.16. The molecule has 0 saturated heterocycles. The summed E-state index contributed by atoms with van der Waals surface area (Å²) in [4.78, 5) is 0. The SMILES string of the molecule is N=C(N)c1c(Br)cccc1OCCC(F)(F)F. The Labute approximate surface area is 104 Å². The van der Waals surface area contributed by atoms with Gasteiger partial charge in [0.05, 0.1) is 18.6 Å². The number of nitrogen functional groups attached to an aromatic ring is 1. The molecular weight excluding hydrogens is 301 g/mol. The standard InChI is InChI=1S/C10H10BrF3N2O/c11-6-2-1-3-7(8(6)9(15)16)17-5-4-10(12,13)14/h1-3H,4-5H2,(H3,15,16). The van der Waals surface area contributed by atoms with Crippen molar-refractivity contribution in [1.82, 2.24) is 0 Å². The van der Waals surface area contributed by atoms with Crippen LogP contribution >= 0.6 is 15.9 Å². The van der Waals surface area contributed by atoms with Gasteiger partial charge in [0.2, 0.25) is 0 Å². The Morgan fingerprint density at radius 3 is 2.59 bits per heavy atom. The highest BCUT2D eigenvalue weighted by atomic mass is 79.9. The number of benzene rings is 1. The van der Waals surface area contributed by atoms with Gasteiger partial charge >= 0.3 is 6.18 Å². The predicted octanol–water partition coefficient (Wildman–Crippen LogP) is 3.06. The number of alkyl halides is 3. The molecule has 0 saturated carbocycles. The number of rotatable bonds is 4. The molecular formula is C10H10BrF3N2O. The summed E-state index contributed by atoms with van der Waals surface area (Å²) in [5.41, 5.74) is 5.58. The molecule has 0 spiro atoms. The summed E-state index contributed by atoms with van der Waals surface area (Å²) in [6.07, 6.45) is -5.31. The Morgan fingerprint density at radius 1 is 1.41 bits per heavy atom. The quantitative estimate of drug-likeness (QED) is 0.663. The van der Waals surface area contributed by atoms with Crippen LogP contribution in [-0.2, 0) is 0 Å². The van der Waals surface area contributed by atoms with Crippen LogP contribution < -0.4 is 10.5 Å². The number of ether oxygens (including phenoxy) is 1. The highest BCUT2D eigenvalue weighted by Gasteiger charge is 2.27. The second-order valence-electron chi connectivity index (χ2n) is 3.24. The summed E-state index contributed by atoms with van der Waals surface area (Å²) in [5.74, 6) is -0.101. The van der Waals surface area contributed by atoms with Crippen molar-refractivity contribution in [2.45, 2.75) is 12.6 Å². The van der Waals surface area contributed by atoms with Crippen LogP contribution in [-0.4, -0.2) is 18.6 Å². The lowest BCUT2D eigenvalue weighted by atomic mass is 10.2. The second kappa shape index (κ2) is 5.39. The minimum Gasteiger partial charge on any atom is -0.492 e. The van der Waals surface area contributed by atoms with E-state index in [0.29, 0.717) is 4.47 Å². The van der Waals surface area contributed by atoms with Gasteiger partial charge in [-0.25, -0.2) is 0 Å². The first-order valence-electron chi connectivity index (χ1n) is 4.63. The van der Waals surface area contributed by atoms with E-state index in [0.717, 1.165) is 0 Å². The van der Waals surface area contributed by atoms with Gasteiger partial charge in [-0.3, -0.25) is 5.41 Å². The molecule has 1 aromatic carbocycles. The van der Waals surface area contributed by atoms with E-state index < -0.39 is 19.2 Å². The van der Waals surface area contributed by atoms with Crippen LogP contribution in [0.1, 0.15) is 12.0 Å². The summed E-state index contributed by atoms with van der Waals surface area (Å²) in [5, 5.41) is 7.32. The predicted molar refractivity (Wildman–Crippen MR) is 61.3 cm³/mol. The molecule has 1 rings (SSSR count). The van der Waals surface area contributed by atoms with Gasteiger partial charge in [0.15, 0.2) is 0 Å². The van der Waals surface area contributed by atoms with Crippen LogP contribution in [0.2, 0.25) is 0 Å². The first-order chi connectivity index (χ1) is 7.81. The van der Waals surface area contributed by atoms with Gasteiger partial charge in [-0.05, 0) is 28.1 Å². The summed E-state index contributed by atoms with van der Waals surface area (Å²) in [7, 11) is 0. The molecule has 0 aliphatic heterocycles. The molecule has 17 heavy (non-hydrogen) atoms. The van der Waals surface area contributed by atoms with E-state index in [4.69, 9.17) is 15.9 Å². The number of hydrogen-bond acceptors (Lipinski definition) is 2.